The molecule has 15 heavy (non-hydrogen) atoms. The van der Waals surface area contributed by atoms with Crippen molar-refractivity contribution in [1.29, 1.82) is 0 Å². The zero-order valence-corrected chi connectivity index (χ0v) is 9.51. The van der Waals surface area contributed by atoms with Gasteiger partial charge in [0.2, 0.25) is 0 Å². The first kappa shape index (κ1) is 11.9. The number of carbonyl (C=O) groups excluding carboxylic acids is 2. The van der Waals surface area contributed by atoms with Crippen LogP contribution in [0.3, 0.4) is 0 Å². The van der Waals surface area contributed by atoms with Crippen molar-refractivity contribution >= 4 is 23.1 Å². The van der Waals surface area contributed by atoms with E-state index >= 15 is 0 Å². The Kier molecular flexibility index (Phi) is 5.04. The SMILES string of the molecule is COC(=O)CC(=O)CCCc1cccs1. The van der Waals surface area contributed by atoms with Crippen molar-refractivity contribution in [3.63, 3.8) is 0 Å². The molecule has 1 rings (SSSR count). The summed E-state index contributed by atoms with van der Waals surface area (Å²) in [5.74, 6) is -0.491. The van der Waals surface area contributed by atoms with Crippen LogP contribution in [0.4, 0.5) is 0 Å². The molecule has 0 unspecified atom stereocenters. The van der Waals surface area contributed by atoms with Crippen molar-refractivity contribution in [1.82, 2.24) is 0 Å². The van der Waals surface area contributed by atoms with Crippen molar-refractivity contribution in [2.75, 3.05) is 7.11 Å². The van der Waals surface area contributed by atoms with Gasteiger partial charge in [0, 0.05) is 11.3 Å². The summed E-state index contributed by atoms with van der Waals surface area (Å²) in [6.07, 6.45) is 2.06. The molecule has 0 fully saturated rings. The lowest BCUT2D eigenvalue weighted by Crippen LogP contribution is -2.09. The summed E-state index contributed by atoms with van der Waals surface area (Å²) in [6.45, 7) is 0. The fourth-order valence-electron chi connectivity index (χ4n) is 1.24. The summed E-state index contributed by atoms with van der Waals surface area (Å²) in [4.78, 5) is 23.3. The zero-order valence-electron chi connectivity index (χ0n) is 8.69. The van der Waals surface area contributed by atoms with Gasteiger partial charge in [-0.3, -0.25) is 9.59 Å². The standard InChI is InChI=1S/C11H14O3S/c1-14-11(13)8-9(12)4-2-5-10-6-3-7-15-10/h3,6-7H,2,4-5,8H2,1H3. The number of hydrogen-bond acceptors (Lipinski definition) is 4. The van der Waals surface area contributed by atoms with Crippen LogP contribution in [0.15, 0.2) is 17.5 Å². The van der Waals surface area contributed by atoms with E-state index in [2.05, 4.69) is 10.8 Å². The molecule has 0 aliphatic heterocycles. The highest BCUT2D eigenvalue weighted by Crippen LogP contribution is 2.12. The molecule has 0 saturated heterocycles. The van der Waals surface area contributed by atoms with E-state index in [1.54, 1.807) is 11.3 Å². The van der Waals surface area contributed by atoms with E-state index in [0.29, 0.717) is 6.42 Å². The number of thiophene rings is 1. The summed E-state index contributed by atoms with van der Waals surface area (Å²) in [5.41, 5.74) is 0. The molecule has 1 aromatic heterocycles. The summed E-state index contributed by atoms with van der Waals surface area (Å²) < 4.78 is 4.42. The Hall–Kier alpha value is -1.16. The Morgan fingerprint density at radius 2 is 2.27 bits per heavy atom. The van der Waals surface area contributed by atoms with E-state index in [-0.39, 0.29) is 12.2 Å². The molecule has 1 heterocycles. The fraction of sp³-hybridized carbons (Fsp3) is 0.455. The molecule has 0 aliphatic rings. The van der Waals surface area contributed by atoms with Crippen LogP contribution in [0, 0.1) is 0 Å². The lowest BCUT2D eigenvalue weighted by Gasteiger charge is -1.99. The van der Waals surface area contributed by atoms with Gasteiger partial charge >= 0.3 is 5.97 Å². The lowest BCUT2D eigenvalue weighted by molar-refractivity contribution is -0.143. The smallest absolute Gasteiger partial charge is 0.313 e. The Bertz CT molecular complexity index is 317. The van der Waals surface area contributed by atoms with Gasteiger partial charge in [0.05, 0.1) is 7.11 Å². The Morgan fingerprint density at radius 3 is 2.87 bits per heavy atom. The van der Waals surface area contributed by atoms with E-state index in [9.17, 15) is 9.59 Å². The fourth-order valence-corrected chi connectivity index (χ4v) is 1.99. The van der Waals surface area contributed by atoms with Gasteiger partial charge in [-0.1, -0.05) is 6.07 Å². The summed E-state index contributed by atoms with van der Waals surface area (Å²) in [5, 5.41) is 2.02. The minimum Gasteiger partial charge on any atom is -0.469 e. The van der Waals surface area contributed by atoms with Crippen LogP contribution in [0.2, 0.25) is 0 Å². The number of esters is 1. The molecular weight excluding hydrogens is 212 g/mol. The maximum atomic E-state index is 11.2. The van der Waals surface area contributed by atoms with Crippen LogP contribution < -0.4 is 0 Å². The van der Waals surface area contributed by atoms with E-state index < -0.39 is 5.97 Å². The number of rotatable bonds is 6. The third-order valence-corrected chi connectivity index (χ3v) is 2.96. The van der Waals surface area contributed by atoms with E-state index in [0.717, 1.165) is 12.8 Å². The van der Waals surface area contributed by atoms with Crippen LogP contribution in [0.5, 0.6) is 0 Å². The topological polar surface area (TPSA) is 43.4 Å². The average Bonchev–Trinajstić information content (AvgIpc) is 2.70. The molecule has 0 bridgehead atoms. The summed E-state index contributed by atoms with van der Waals surface area (Å²) in [7, 11) is 1.29. The van der Waals surface area contributed by atoms with Gasteiger partial charge in [-0.2, -0.15) is 0 Å². The Morgan fingerprint density at radius 1 is 1.47 bits per heavy atom. The number of methoxy groups -OCH3 is 1. The summed E-state index contributed by atoms with van der Waals surface area (Å²) >= 11 is 1.69. The van der Waals surface area contributed by atoms with Gasteiger partial charge in [-0.25, -0.2) is 0 Å². The van der Waals surface area contributed by atoms with Crippen molar-refractivity contribution in [3.05, 3.63) is 22.4 Å². The molecule has 0 saturated carbocycles. The van der Waals surface area contributed by atoms with E-state index in [1.807, 2.05) is 11.4 Å². The molecule has 0 N–H and O–H groups in total. The molecule has 0 aliphatic carbocycles. The first-order chi connectivity index (χ1) is 7.22. The van der Waals surface area contributed by atoms with Gasteiger partial charge < -0.3 is 4.74 Å². The maximum Gasteiger partial charge on any atom is 0.313 e. The second-order valence-corrected chi connectivity index (χ2v) is 4.26. The first-order valence-corrected chi connectivity index (χ1v) is 5.71. The van der Waals surface area contributed by atoms with Crippen LogP contribution >= 0.6 is 11.3 Å². The van der Waals surface area contributed by atoms with Gasteiger partial charge in [-0.05, 0) is 24.3 Å². The number of Topliss-reactive ketones (excluding diaryl/α,β-unsaturated/α-hetero) is 1. The molecule has 3 nitrogen and oxygen atoms in total. The molecule has 0 amide bonds. The van der Waals surface area contributed by atoms with E-state index in [1.165, 1.54) is 12.0 Å². The van der Waals surface area contributed by atoms with Crippen molar-refractivity contribution in [3.8, 4) is 0 Å². The number of ether oxygens (including phenoxy) is 1. The molecule has 0 aromatic carbocycles. The van der Waals surface area contributed by atoms with Gasteiger partial charge in [-0.15, -0.1) is 11.3 Å². The Labute approximate surface area is 93.1 Å². The van der Waals surface area contributed by atoms with Crippen LogP contribution in [0.25, 0.3) is 0 Å². The largest absolute Gasteiger partial charge is 0.469 e. The Balaban J connectivity index is 2.15. The summed E-state index contributed by atoms with van der Waals surface area (Å²) in [6, 6.07) is 4.05. The molecule has 4 heteroatoms. The molecular formula is C11H14O3S. The van der Waals surface area contributed by atoms with Crippen molar-refractivity contribution in [2.45, 2.75) is 25.7 Å². The predicted octanol–water partition coefficient (Wildman–Crippen LogP) is 2.20. The number of ketones is 1. The van der Waals surface area contributed by atoms with Crippen molar-refractivity contribution in [2.24, 2.45) is 0 Å². The highest BCUT2D eigenvalue weighted by molar-refractivity contribution is 7.09. The number of carbonyl (C=O) groups is 2. The van der Waals surface area contributed by atoms with Crippen LogP contribution in [0.1, 0.15) is 24.1 Å². The third kappa shape index (κ3) is 4.74. The minimum atomic E-state index is -0.448. The number of hydrogen-bond donors (Lipinski definition) is 0. The normalized spacial score (nSPS) is 9.93. The number of aryl methyl sites for hydroxylation is 1. The molecule has 1 aromatic rings. The van der Waals surface area contributed by atoms with E-state index in [4.69, 9.17) is 0 Å². The second kappa shape index (κ2) is 6.35. The minimum absolute atomic E-state index is 0.0431. The van der Waals surface area contributed by atoms with Gasteiger partial charge in [0.25, 0.3) is 0 Å². The first-order valence-electron chi connectivity index (χ1n) is 4.83. The maximum absolute atomic E-state index is 11.2. The third-order valence-electron chi connectivity index (χ3n) is 2.03. The molecule has 0 radical (unpaired) electrons. The monoisotopic (exact) mass is 226 g/mol. The van der Waals surface area contributed by atoms with Crippen molar-refractivity contribution < 1.29 is 14.3 Å². The molecule has 0 atom stereocenters. The second-order valence-electron chi connectivity index (χ2n) is 3.22. The van der Waals surface area contributed by atoms with Crippen LogP contribution in [-0.4, -0.2) is 18.9 Å². The zero-order chi connectivity index (χ0) is 11.1. The quantitative estimate of drug-likeness (QED) is 0.551. The van der Waals surface area contributed by atoms with Crippen LogP contribution in [-0.2, 0) is 20.7 Å². The average molecular weight is 226 g/mol. The van der Waals surface area contributed by atoms with Gasteiger partial charge in [0.1, 0.15) is 12.2 Å². The molecule has 82 valence electrons. The lowest BCUT2D eigenvalue weighted by atomic mass is 10.1. The predicted molar refractivity (Wildman–Crippen MR) is 58.9 cm³/mol. The highest BCUT2D eigenvalue weighted by atomic mass is 32.1. The van der Waals surface area contributed by atoms with Gasteiger partial charge in [0.15, 0.2) is 0 Å². The highest BCUT2D eigenvalue weighted by Gasteiger charge is 2.08. The molecule has 0 spiro atoms.